The van der Waals surface area contributed by atoms with Crippen LogP contribution >= 0.6 is 23.6 Å². The van der Waals surface area contributed by atoms with Crippen LogP contribution in [0.2, 0.25) is 0 Å². The van der Waals surface area contributed by atoms with E-state index in [0.717, 1.165) is 11.3 Å². The van der Waals surface area contributed by atoms with Gasteiger partial charge in [-0.1, -0.05) is 45.1 Å². The second-order valence-electron chi connectivity index (χ2n) is 5.68. The monoisotopic (exact) mass is 319 g/mol. The number of carbonyl (C=O) groups is 1. The summed E-state index contributed by atoms with van der Waals surface area (Å²) in [6.45, 7) is 6.26. The van der Waals surface area contributed by atoms with Crippen molar-refractivity contribution in [3.8, 4) is 0 Å². The summed E-state index contributed by atoms with van der Waals surface area (Å²) in [7, 11) is 0. The Hall–Kier alpha value is -1.79. The van der Waals surface area contributed by atoms with Gasteiger partial charge in [0.2, 0.25) is 0 Å². The lowest BCUT2D eigenvalue weighted by Crippen LogP contribution is -2.15. The van der Waals surface area contributed by atoms with E-state index in [0.29, 0.717) is 15.7 Å². The Bertz CT molecular complexity index is 669. The van der Waals surface area contributed by atoms with Crippen molar-refractivity contribution in [2.45, 2.75) is 26.2 Å². The molecular weight excluding hydrogens is 302 g/mol. The molecule has 1 amide bonds. The molecule has 0 aliphatic heterocycles. The first-order valence-corrected chi connectivity index (χ1v) is 7.73. The molecule has 0 unspecified atom stereocenters. The van der Waals surface area contributed by atoms with Crippen LogP contribution in [0.15, 0.2) is 29.6 Å². The van der Waals surface area contributed by atoms with E-state index >= 15 is 0 Å². The van der Waals surface area contributed by atoms with Gasteiger partial charge in [-0.15, -0.1) is 11.3 Å². The second-order valence-corrected chi connectivity index (χ2v) is 6.98. The highest BCUT2D eigenvalue weighted by molar-refractivity contribution is 7.80. The average molecular weight is 319 g/mol. The number of hydrogen-bond donors (Lipinski definition) is 2. The molecule has 0 bridgehead atoms. The molecule has 1 aromatic heterocycles. The minimum Gasteiger partial charge on any atom is -0.389 e. The zero-order valence-corrected chi connectivity index (χ0v) is 13.8. The summed E-state index contributed by atoms with van der Waals surface area (Å²) in [4.78, 5) is 16.9. The summed E-state index contributed by atoms with van der Waals surface area (Å²) in [5.74, 6) is -0.195. The quantitative estimate of drug-likeness (QED) is 0.852. The molecule has 1 heterocycles. The van der Waals surface area contributed by atoms with Crippen LogP contribution < -0.4 is 11.1 Å². The standard InChI is InChI=1S/C15H17N3OS2/c1-15(2,3)11-8-21-14(17-11)18-13(19)10-6-4-9(5-7-10)12(16)20/h4-8H,1-3H3,(H2,16,20)(H,17,18,19). The molecule has 0 saturated carbocycles. The van der Waals surface area contributed by atoms with Gasteiger partial charge in [0.25, 0.3) is 5.91 Å². The Morgan fingerprint density at radius 3 is 2.29 bits per heavy atom. The van der Waals surface area contributed by atoms with Gasteiger partial charge in [-0.05, 0) is 12.1 Å². The number of carbonyl (C=O) groups excluding carboxylic acids is 1. The van der Waals surface area contributed by atoms with Crippen LogP contribution in [0.3, 0.4) is 0 Å². The number of benzene rings is 1. The molecule has 0 spiro atoms. The lowest BCUT2D eigenvalue weighted by atomic mass is 9.93. The minimum atomic E-state index is -0.195. The van der Waals surface area contributed by atoms with Crippen molar-refractivity contribution in [1.82, 2.24) is 4.98 Å². The Labute approximate surface area is 133 Å². The third-order valence-corrected chi connectivity index (χ3v) is 3.92. The van der Waals surface area contributed by atoms with Crippen LogP contribution in [0.1, 0.15) is 42.4 Å². The first kappa shape index (κ1) is 15.6. The van der Waals surface area contributed by atoms with Gasteiger partial charge in [-0.3, -0.25) is 10.1 Å². The van der Waals surface area contributed by atoms with E-state index in [4.69, 9.17) is 18.0 Å². The molecule has 1 aromatic carbocycles. The first-order chi connectivity index (χ1) is 9.77. The number of aromatic nitrogens is 1. The SMILES string of the molecule is CC(C)(C)c1csc(NC(=O)c2ccc(C(N)=S)cc2)n1. The van der Waals surface area contributed by atoms with Gasteiger partial charge in [0.05, 0.1) is 5.69 Å². The first-order valence-electron chi connectivity index (χ1n) is 6.44. The molecule has 0 atom stereocenters. The molecule has 0 aliphatic rings. The molecule has 0 aliphatic carbocycles. The van der Waals surface area contributed by atoms with Crippen molar-refractivity contribution >= 4 is 39.6 Å². The van der Waals surface area contributed by atoms with Gasteiger partial charge in [-0.2, -0.15) is 0 Å². The molecule has 0 fully saturated rings. The highest BCUT2D eigenvalue weighted by Crippen LogP contribution is 2.26. The maximum absolute atomic E-state index is 12.1. The highest BCUT2D eigenvalue weighted by atomic mass is 32.1. The van der Waals surface area contributed by atoms with Gasteiger partial charge in [0.1, 0.15) is 4.99 Å². The maximum atomic E-state index is 12.1. The normalized spacial score (nSPS) is 11.2. The predicted molar refractivity (Wildman–Crippen MR) is 91.1 cm³/mol. The number of nitrogens with two attached hydrogens (primary N) is 1. The van der Waals surface area contributed by atoms with Gasteiger partial charge in [-0.25, -0.2) is 4.98 Å². The van der Waals surface area contributed by atoms with Crippen LogP contribution in [-0.2, 0) is 5.41 Å². The van der Waals surface area contributed by atoms with Crippen molar-refractivity contribution in [3.05, 3.63) is 46.5 Å². The van der Waals surface area contributed by atoms with Crippen molar-refractivity contribution in [1.29, 1.82) is 0 Å². The van der Waals surface area contributed by atoms with Gasteiger partial charge >= 0.3 is 0 Å². The van der Waals surface area contributed by atoms with Crippen LogP contribution in [0.5, 0.6) is 0 Å². The predicted octanol–water partition coefficient (Wildman–Crippen LogP) is 3.33. The number of nitrogens with zero attached hydrogens (tertiary/aromatic N) is 1. The Morgan fingerprint density at radius 2 is 1.81 bits per heavy atom. The molecule has 4 nitrogen and oxygen atoms in total. The number of hydrogen-bond acceptors (Lipinski definition) is 4. The number of nitrogens with one attached hydrogen (secondary N) is 1. The zero-order chi connectivity index (χ0) is 15.6. The summed E-state index contributed by atoms with van der Waals surface area (Å²) < 4.78 is 0. The molecule has 0 saturated heterocycles. The zero-order valence-electron chi connectivity index (χ0n) is 12.1. The van der Waals surface area contributed by atoms with E-state index in [1.165, 1.54) is 11.3 Å². The van der Waals surface area contributed by atoms with E-state index in [9.17, 15) is 4.79 Å². The molecule has 6 heteroatoms. The fraction of sp³-hybridized carbons (Fsp3) is 0.267. The van der Waals surface area contributed by atoms with Crippen molar-refractivity contribution in [2.75, 3.05) is 5.32 Å². The fourth-order valence-corrected chi connectivity index (χ4v) is 2.70. The average Bonchev–Trinajstić information content (AvgIpc) is 2.87. The van der Waals surface area contributed by atoms with Gasteiger partial charge in [0.15, 0.2) is 5.13 Å². The van der Waals surface area contributed by atoms with Crippen molar-refractivity contribution < 1.29 is 4.79 Å². The van der Waals surface area contributed by atoms with E-state index in [2.05, 4.69) is 31.1 Å². The molecule has 3 N–H and O–H groups in total. The lowest BCUT2D eigenvalue weighted by Gasteiger charge is -2.14. The number of thiazole rings is 1. The Kier molecular flexibility index (Phi) is 4.39. The van der Waals surface area contributed by atoms with Crippen molar-refractivity contribution in [2.24, 2.45) is 5.73 Å². The summed E-state index contributed by atoms with van der Waals surface area (Å²) in [5, 5.41) is 5.37. The summed E-state index contributed by atoms with van der Waals surface area (Å²) >= 11 is 6.31. The fourth-order valence-electron chi connectivity index (χ4n) is 1.63. The van der Waals surface area contributed by atoms with Gasteiger partial charge in [0, 0.05) is 21.9 Å². The molecule has 0 radical (unpaired) electrons. The summed E-state index contributed by atoms with van der Waals surface area (Å²) in [6, 6.07) is 6.86. The van der Waals surface area contributed by atoms with Crippen LogP contribution in [-0.4, -0.2) is 15.9 Å². The maximum Gasteiger partial charge on any atom is 0.257 e. The van der Waals surface area contributed by atoms with Gasteiger partial charge < -0.3 is 5.73 Å². The van der Waals surface area contributed by atoms with E-state index in [-0.39, 0.29) is 11.3 Å². The molecule has 21 heavy (non-hydrogen) atoms. The van der Waals surface area contributed by atoms with E-state index in [1.807, 2.05) is 5.38 Å². The second kappa shape index (κ2) is 5.91. The molecule has 110 valence electrons. The molecule has 2 rings (SSSR count). The van der Waals surface area contributed by atoms with Crippen LogP contribution in [0.4, 0.5) is 5.13 Å². The minimum absolute atomic E-state index is 0.0298. The summed E-state index contributed by atoms with van der Waals surface area (Å²) in [6.07, 6.45) is 0. The topological polar surface area (TPSA) is 68.0 Å². The number of amides is 1. The molecular formula is C15H17N3OS2. The third kappa shape index (κ3) is 3.86. The van der Waals surface area contributed by atoms with Crippen molar-refractivity contribution in [3.63, 3.8) is 0 Å². The van der Waals surface area contributed by atoms with Crippen LogP contribution in [0, 0.1) is 0 Å². The van der Waals surface area contributed by atoms with E-state index < -0.39 is 0 Å². The van der Waals surface area contributed by atoms with E-state index in [1.54, 1.807) is 24.3 Å². The third-order valence-electron chi connectivity index (χ3n) is 2.92. The number of anilines is 1. The lowest BCUT2D eigenvalue weighted by molar-refractivity contribution is 0.102. The smallest absolute Gasteiger partial charge is 0.257 e. The number of rotatable bonds is 3. The Morgan fingerprint density at radius 1 is 1.24 bits per heavy atom. The Balaban J connectivity index is 2.11. The summed E-state index contributed by atoms with van der Waals surface area (Å²) in [5.41, 5.74) is 7.75. The highest BCUT2D eigenvalue weighted by Gasteiger charge is 2.18. The largest absolute Gasteiger partial charge is 0.389 e. The number of thiocarbonyl (C=S) groups is 1. The van der Waals surface area contributed by atoms with Crippen LogP contribution in [0.25, 0.3) is 0 Å². The molecule has 2 aromatic rings.